The summed E-state index contributed by atoms with van der Waals surface area (Å²) in [4.78, 5) is 19.2. The highest BCUT2D eigenvalue weighted by molar-refractivity contribution is 6.48. The Morgan fingerprint density at radius 3 is 2.26 bits per heavy atom. The molecule has 0 atom stereocenters. The van der Waals surface area contributed by atoms with E-state index < -0.39 is 5.91 Å². The number of amidine groups is 2. The molecule has 2 aliphatic rings. The number of ether oxygens (including phenoxy) is 1. The lowest BCUT2D eigenvalue weighted by molar-refractivity contribution is -0.115. The molecule has 0 radical (unpaired) electrons. The SMILES string of the molecule is COc1cc(O)c(C(=N)N(C(=N)C(=O)NC2CC2)c2ccc(CN3CCN(C(C)C)CC3)cc2)cc1C(C)C. The number of hydrogen-bond donors (Lipinski definition) is 4. The van der Waals surface area contributed by atoms with E-state index in [1.165, 1.54) is 11.0 Å². The summed E-state index contributed by atoms with van der Waals surface area (Å²) >= 11 is 0. The Kier molecular flexibility index (Phi) is 8.92. The van der Waals surface area contributed by atoms with Gasteiger partial charge in [-0.15, -0.1) is 0 Å². The molecule has 2 aromatic rings. The van der Waals surface area contributed by atoms with Crippen LogP contribution in [0.3, 0.4) is 0 Å². The lowest BCUT2D eigenvalue weighted by atomic mass is 9.97. The number of benzene rings is 2. The number of methoxy groups -OCH3 is 1. The number of rotatable bonds is 8. The van der Waals surface area contributed by atoms with Gasteiger partial charge in [-0.05, 0) is 61.9 Å². The lowest BCUT2D eigenvalue weighted by Crippen LogP contribution is -2.48. The summed E-state index contributed by atoms with van der Waals surface area (Å²) in [6.07, 6.45) is 1.79. The summed E-state index contributed by atoms with van der Waals surface area (Å²) in [6.45, 7) is 13.4. The van der Waals surface area contributed by atoms with Crippen molar-refractivity contribution in [3.63, 3.8) is 0 Å². The average Bonchev–Trinajstić information content (AvgIpc) is 3.73. The predicted octanol–water partition coefficient (Wildman–Crippen LogP) is 4.14. The molecule has 0 spiro atoms. The monoisotopic (exact) mass is 534 g/mol. The zero-order valence-electron chi connectivity index (χ0n) is 23.8. The number of nitrogens with one attached hydrogen (secondary N) is 3. The first-order valence-electron chi connectivity index (χ1n) is 13.8. The van der Waals surface area contributed by atoms with E-state index in [4.69, 9.17) is 15.6 Å². The first-order valence-corrected chi connectivity index (χ1v) is 13.8. The second-order valence-corrected chi connectivity index (χ2v) is 11.1. The molecule has 4 rings (SSSR count). The fourth-order valence-electron chi connectivity index (χ4n) is 4.92. The summed E-state index contributed by atoms with van der Waals surface area (Å²) < 4.78 is 5.44. The van der Waals surface area contributed by atoms with Crippen LogP contribution in [-0.2, 0) is 11.3 Å². The molecule has 0 bridgehead atoms. The van der Waals surface area contributed by atoms with Gasteiger partial charge in [0.05, 0.1) is 12.7 Å². The number of anilines is 1. The van der Waals surface area contributed by atoms with Crippen LogP contribution in [0.15, 0.2) is 36.4 Å². The van der Waals surface area contributed by atoms with Gasteiger partial charge in [0.25, 0.3) is 5.91 Å². The van der Waals surface area contributed by atoms with Crippen LogP contribution < -0.4 is 15.0 Å². The molecule has 1 saturated carbocycles. The Hall–Kier alpha value is -3.43. The number of carbonyl (C=O) groups is 1. The van der Waals surface area contributed by atoms with Crippen molar-refractivity contribution in [2.75, 3.05) is 38.2 Å². The molecule has 1 amide bonds. The van der Waals surface area contributed by atoms with Gasteiger partial charge in [-0.1, -0.05) is 26.0 Å². The Labute approximate surface area is 231 Å². The van der Waals surface area contributed by atoms with Crippen LogP contribution in [0.1, 0.15) is 63.1 Å². The molecule has 39 heavy (non-hydrogen) atoms. The quantitative estimate of drug-likeness (QED) is 0.299. The van der Waals surface area contributed by atoms with Gasteiger partial charge < -0.3 is 15.2 Å². The molecule has 210 valence electrons. The third kappa shape index (κ3) is 6.78. The summed E-state index contributed by atoms with van der Waals surface area (Å²) in [5.41, 5.74) is 2.71. The minimum Gasteiger partial charge on any atom is -0.507 e. The standard InChI is InChI=1S/C30H42N6O3/c1-19(2)24-16-25(26(37)17-27(24)39-5)28(31)36(29(32)30(38)33-22-8-9-22)23-10-6-21(7-11-23)18-34-12-14-35(15-13-34)20(3)4/h6-7,10-11,16-17,19-20,22,31-32,37H,8-9,12-15,18H2,1-5H3,(H,33,38). The Morgan fingerprint density at radius 2 is 1.72 bits per heavy atom. The molecule has 9 heteroatoms. The van der Waals surface area contributed by atoms with Crippen molar-refractivity contribution in [3.05, 3.63) is 53.1 Å². The van der Waals surface area contributed by atoms with Gasteiger partial charge in [-0.2, -0.15) is 0 Å². The van der Waals surface area contributed by atoms with Crippen molar-refractivity contribution in [2.24, 2.45) is 0 Å². The number of phenols is 1. The molecule has 4 N–H and O–H groups in total. The maximum atomic E-state index is 12.9. The first kappa shape index (κ1) is 28.6. The molecule has 1 heterocycles. The minimum atomic E-state index is -0.536. The Bertz CT molecular complexity index is 1200. The number of hydrogen-bond acceptors (Lipinski definition) is 7. The zero-order chi connectivity index (χ0) is 28.3. The van der Waals surface area contributed by atoms with Crippen LogP contribution in [0.2, 0.25) is 0 Å². The zero-order valence-corrected chi connectivity index (χ0v) is 23.8. The van der Waals surface area contributed by atoms with Crippen LogP contribution in [0.5, 0.6) is 11.5 Å². The molecule has 2 aromatic carbocycles. The molecule has 9 nitrogen and oxygen atoms in total. The largest absolute Gasteiger partial charge is 0.507 e. The van der Waals surface area contributed by atoms with Crippen LogP contribution >= 0.6 is 0 Å². The molecule has 1 aliphatic heterocycles. The van der Waals surface area contributed by atoms with E-state index in [-0.39, 0.29) is 34.9 Å². The number of carbonyl (C=O) groups excluding carboxylic acids is 1. The van der Waals surface area contributed by atoms with Crippen molar-refractivity contribution in [2.45, 2.75) is 65.1 Å². The minimum absolute atomic E-state index is 0.0781. The smallest absolute Gasteiger partial charge is 0.287 e. The van der Waals surface area contributed by atoms with Gasteiger partial charge in [0, 0.05) is 56.6 Å². The van der Waals surface area contributed by atoms with E-state index in [0.717, 1.165) is 56.7 Å². The van der Waals surface area contributed by atoms with Gasteiger partial charge in [0.15, 0.2) is 5.84 Å². The normalized spacial score (nSPS) is 16.4. The van der Waals surface area contributed by atoms with Crippen LogP contribution in [-0.4, -0.2) is 77.9 Å². The van der Waals surface area contributed by atoms with Gasteiger partial charge >= 0.3 is 0 Å². The fourth-order valence-corrected chi connectivity index (χ4v) is 4.92. The second kappa shape index (κ2) is 12.2. The van der Waals surface area contributed by atoms with Gasteiger partial charge in [0.1, 0.15) is 17.3 Å². The van der Waals surface area contributed by atoms with E-state index in [1.54, 1.807) is 13.2 Å². The molecule has 2 fully saturated rings. The number of aromatic hydroxyl groups is 1. The van der Waals surface area contributed by atoms with Gasteiger partial charge in [-0.3, -0.25) is 30.3 Å². The van der Waals surface area contributed by atoms with E-state index in [2.05, 4.69) is 29.0 Å². The molecular weight excluding hydrogens is 492 g/mol. The third-order valence-corrected chi connectivity index (χ3v) is 7.54. The van der Waals surface area contributed by atoms with Crippen molar-refractivity contribution in [3.8, 4) is 11.5 Å². The van der Waals surface area contributed by atoms with E-state index in [0.29, 0.717) is 17.5 Å². The summed E-state index contributed by atoms with van der Waals surface area (Å²) in [6, 6.07) is 11.5. The highest BCUT2D eigenvalue weighted by Gasteiger charge is 2.31. The average molecular weight is 535 g/mol. The van der Waals surface area contributed by atoms with Crippen molar-refractivity contribution >= 4 is 23.3 Å². The first-order chi connectivity index (χ1) is 18.6. The fraction of sp³-hybridized carbons (Fsp3) is 0.500. The number of phenolic OH excluding ortho intramolecular Hbond substituents is 1. The number of piperazine rings is 1. The maximum Gasteiger partial charge on any atom is 0.287 e. The van der Waals surface area contributed by atoms with Crippen molar-refractivity contribution < 1.29 is 14.6 Å². The maximum absolute atomic E-state index is 12.9. The Balaban J connectivity index is 1.60. The Morgan fingerprint density at radius 1 is 1.08 bits per heavy atom. The molecule has 1 aliphatic carbocycles. The summed E-state index contributed by atoms with van der Waals surface area (Å²) in [7, 11) is 1.54. The van der Waals surface area contributed by atoms with Crippen LogP contribution in [0.25, 0.3) is 0 Å². The second-order valence-electron chi connectivity index (χ2n) is 11.1. The molecular formula is C30H42N6O3. The topological polar surface area (TPSA) is 116 Å². The summed E-state index contributed by atoms with van der Waals surface area (Å²) in [5.74, 6) is -0.563. The van der Waals surface area contributed by atoms with Gasteiger partial charge in [-0.25, -0.2) is 0 Å². The van der Waals surface area contributed by atoms with Crippen LogP contribution in [0.4, 0.5) is 5.69 Å². The number of nitrogens with zero attached hydrogens (tertiary/aromatic N) is 3. The van der Waals surface area contributed by atoms with Gasteiger partial charge in [0.2, 0.25) is 0 Å². The number of amides is 1. The highest BCUT2D eigenvalue weighted by atomic mass is 16.5. The van der Waals surface area contributed by atoms with E-state index in [1.807, 2.05) is 38.1 Å². The predicted molar refractivity (Wildman–Crippen MR) is 155 cm³/mol. The van der Waals surface area contributed by atoms with Crippen molar-refractivity contribution in [1.82, 2.24) is 15.1 Å². The van der Waals surface area contributed by atoms with E-state index in [9.17, 15) is 9.90 Å². The molecule has 0 aromatic heterocycles. The van der Waals surface area contributed by atoms with Crippen molar-refractivity contribution in [1.29, 1.82) is 10.8 Å². The summed E-state index contributed by atoms with van der Waals surface area (Å²) in [5, 5.41) is 31.5. The highest BCUT2D eigenvalue weighted by Crippen LogP contribution is 2.34. The van der Waals surface area contributed by atoms with Crippen LogP contribution in [0, 0.1) is 10.8 Å². The third-order valence-electron chi connectivity index (χ3n) is 7.54. The lowest BCUT2D eigenvalue weighted by Gasteiger charge is -2.37. The molecule has 0 unspecified atom stereocenters. The molecule has 1 saturated heterocycles. The van der Waals surface area contributed by atoms with E-state index >= 15 is 0 Å².